The van der Waals surface area contributed by atoms with Crippen LogP contribution in [-0.4, -0.2) is 58.6 Å². The van der Waals surface area contributed by atoms with E-state index in [1.54, 1.807) is 13.8 Å². The molecule has 10 nitrogen and oxygen atoms in total. The number of amides is 2. The highest BCUT2D eigenvalue weighted by atomic mass is 16.4. The molecule has 0 fully saturated rings. The van der Waals surface area contributed by atoms with Crippen LogP contribution in [0.4, 0.5) is 0 Å². The lowest BCUT2D eigenvalue weighted by atomic mass is 10.0. The van der Waals surface area contributed by atoms with Gasteiger partial charge in [-0.3, -0.25) is 14.4 Å². The SMILES string of the molecule is CC(C)[C@H](NC(=O)[C@@H](N)CCCCN)C(=O)N[C@@H](CCC(=O)O)C(=O)O. The molecule has 150 valence electrons. The molecule has 0 saturated heterocycles. The van der Waals surface area contributed by atoms with E-state index in [9.17, 15) is 19.2 Å². The van der Waals surface area contributed by atoms with Crippen LogP contribution in [0.5, 0.6) is 0 Å². The highest BCUT2D eigenvalue weighted by molar-refractivity contribution is 5.92. The minimum atomic E-state index is -1.35. The summed E-state index contributed by atoms with van der Waals surface area (Å²) in [7, 11) is 0. The third-order valence-electron chi connectivity index (χ3n) is 3.81. The molecule has 0 radical (unpaired) electrons. The van der Waals surface area contributed by atoms with Crippen molar-refractivity contribution in [2.24, 2.45) is 17.4 Å². The first-order valence-electron chi connectivity index (χ1n) is 8.61. The lowest BCUT2D eigenvalue weighted by molar-refractivity contribution is -0.143. The van der Waals surface area contributed by atoms with Crippen molar-refractivity contribution in [1.29, 1.82) is 0 Å². The van der Waals surface area contributed by atoms with Crippen molar-refractivity contribution >= 4 is 23.8 Å². The van der Waals surface area contributed by atoms with Gasteiger partial charge in [0.25, 0.3) is 0 Å². The molecule has 0 aromatic rings. The minimum absolute atomic E-state index is 0.256. The molecule has 0 spiro atoms. The maximum atomic E-state index is 12.4. The number of aliphatic carboxylic acids is 2. The third kappa shape index (κ3) is 9.33. The highest BCUT2D eigenvalue weighted by Crippen LogP contribution is 2.06. The van der Waals surface area contributed by atoms with Gasteiger partial charge in [0, 0.05) is 6.42 Å². The van der Waals surface area contributed by atoms with Crippen molar-refractivity contribution in [3.63, 3.8) is 0 Å². The number of rotatable bonds is 13. The summed E-state index contributed by atoms with van der Waals surface area (Å²) in [5, 5.41) is 22.6. The largest absolute Gasteiger partial charge is 0.481 e. The smallest absolute Gasteiger partial charge is 0.326 e. The second kappa shape index (κ2) is 12.2. The van der Waals surface area contributed by atoms with Gasteiger partial charge in [-0.05, 0) is 31.7 Å². The molecule has 8 N–H and O–H groups in total. The Balaban J connectivity index is 4.84. The summed E-state index contributed by atoms with van der Waals surface area (Å²) in [6.07, 6.45) is 1.18. The van der Waals surface area contributed by atoms with Gasteiger partial charge in [0.15, 0.2) is 0 Å². The van der Waals surface area contributed by atoms with Crippen LogP contribution < -0.4 is 22.1 Å². The van der Waals surface area contributed by atoms with Gasteiger partial charge in [-0.25, -0.2) is 4.79 Å². The standard InChI is InChI=1S/C16H30N4O6/c1-9(2)13(20-14(23)10(18)5-3-4-8-17)15(24)19-11(16(25)26)6-7-12(21)22/h9-11,13H,3-8,17-18H2,1-2H3,(H,19,24)(H,20,23)(H,21,22)(H,25,26)/t10-,11-,13-/m0/s1. The lowest BCUT2D eigenvalue weighted by Gasteiger charge is -2.25. The lowest BCUT2D eigenvalue weighted by Crippen LogP contribution is -2.56. The molecule has 0 aliphatic carbocycles. The minimum Gasteiger partial charge on any atom is -0.481 e. The van der Waals surface area contributed by atoms with Gasteiger partial charge in [0.2, 0.25) is 11.8 Å². The van der Waals surface area contributed by atoms with Crippen molar-refractivity contribution in [1.82, 2.24) is 10.6 Å². The van der Waals surface area contributed by atoms with Crippen LogP contribution in [0.3, 0.4) is 0 Å². The van der Waals surface area contributed by atoms with Gasteiger partial charge in [-0.1, -0.05) is 20.3 Å². The van der Waals surface area contributed by atoms with Crippen LogP contribution in [0.15, 0.2) is 0 Å². The summed E-state index contributed by atoms with van der Waals surface area (Å²) < 4.78 is 0. The van der Waals surface area contributed by atoms with Crippen LogP contribution >= 0.6 is 0 Å². The Morgan fingerprint density at radius 2 is 1.58 bits per heavy atom. The number of carboxylic acids is 2. The molecule has 2 amide bonds. The predicted octanol–water partition coefficient (Wildman–Crippen LogP) is -0.982. The fourth-order valence-electron chi connectivity index (χ4n) is 2.22. The van der Waals surface area contributed by atoms with Crippen LogP contribution in [0.2, 0.25) is 0 Å². The molecular formula is C16H30N4O6. The summed E-state index contributed by atoms with van der Waals surface area (Å²) in [6.45, 7) is 3.88. The molecule has 0 unspecified atom stereocenters. The van der Waals surface area contributed by atoms with Crippen LogP contribution in [0.1, 0.15) is 46.0 Å². The average Bonchev–Trinajstić information content (AvgIpc) is 2.55. The Labute approximate surface area is 152 Å². The third-order valence-corrected chi connectivity index (χ3v) is 3.81. The number of nitrogens with one attached hydrogen (secondary N) is 2. The number of carbonyl (C=O) groups is 4. The molecule has 0 bridgehead atoms. The van der Waals surface area contributed by atoms with Crippen molar-refractivity contribution in [3.8, 4) is 0 Å². The normalized spacial score (nSPS) is 14.3. The molecule has 0 rings (SSSR count). The number of carbonyl (C=O) groups excluding carboxylic acids is 2. The second-order valence-corrected chi connectivity index (χ2v) is 6.45. The summed E-state index contributed by atoms with van der Waals surface area (Å²) >= 11 is 0. The molecule has 3 atom stereocenters. The summed E-state index contributed by atoms with van der Waals surface area (Å²) in [5.41, 5.74) is 11.2. The van der Waals surface area contributed by atoms with E-state index in [2.05, 4.69) is 10.6 Å². The monoisotopic (exact) mass is 374 g/mol. The van der Waals surface area contributed by atoms with Crippen molar-refractivity contribution in [2.75, 3.05) is 6.54 Å². The number of unbranched alkanes of at least 4 members (excludes halogenated alkanes) is 1. The molecule has 0 aliphatic heterocycles. The van der Waals surface area contributed by atoms with Gasteiger partial charge < -0.3 is 32.3 Å². The zero-order valence-corrected chi connectivity index (χ0v) is 15.2. The quantitative estimate of drug-likeness (QED) is 0.222. The van der Waals surface area contributed by atoms with Gasteiger partial charge in [-0.2, -0.15) is 0 Å². The molecule has 0 saturated carbocycles. The van der Waals surface area contributed by atoms with E-state index in [0.29, 0.717) is 19.4 Å². The summed E-state index contributed by atoms with van der Waals surface area (Å²) in [6, 6.07) is -3.12. The van der Waals surface area contributed by atoms with Crippen molar-refractivity contribution in [2.45, 2.75) is 64.1 Å². The number of hydrogen-bond donors (Lipinski definition) is 6. The van der Waals surface area contributed by atoms with Gasteiger partial charge in [0.05, 0.1) is 6.04 Å². The number of nitrogens with two attached hydrogens (primary N) is 2. The zero-order chi connectivity index (χ0) is 20.3. The van der Waals surface area contributed by atoms with Crippen LogP contribution in [-0.2, 0) is 19.2 Å². The van der Waals surface area contributed by atoms with E-state index in [0.717, 1.165) is 6.42 Å². The first-order valence-corrected chi connectivity index (χ1v) is 8.61. The van der Waals surface area contributed by atoms with Gasteiger partial charge >= 0.3 is 11.9 Å². The van der Waals surface area contributed by atoms with Crippen LogP contribution in [0, 0.1) is 5.92 Å². The zero-order valence-electron chi connectivity index (χ0n) is 15.2. The van der Waals surface area contributed by atoms with Crippen molar-refractivity contribution in [3.05, 3.63) is 0 Å². The van der Waals surface area contributed by atoms with E-state index in [-0.39, 0.29) is 12.3 Å². The number of carboxylic acid groups (broad SMARTS) is 2. The van der Waals surface area contributed by atoms with E-state index in [4.69, 9.17) is 21.7 Å². The van der Waals surface area contributed by atoms with Gasteiger partial charge in [-0.15, -0.1) is 0 Å². The fourth-order valence-corrected chi connectivity index (χ4v) is 2.22. The topological polar surface area (TPSA) is 185 Å². The molecule has 0 aromatic carbocycles. The predicted molar refractivity (Wildman–Crippen MR) is 94.1 cm³/mol. The maximum absolute atomic E-state index is 12.4. The van der Waals surface area contributed by atoms with E-state index in [1.165, 1.54) is 0 Å². The molecule has 10 heteroatoms. The number of hydrogen-bond acceptors (Lipinski definition) is 6. The second-order valence-electron chi connectivity index (χ2n) is 6.45. The Bertz CT molecular complexity index is 497. The Hall–Kier alpha value is -2.20. The average molecular weight is 374 g/mol. The van der Waals surface area contributed by atoms with Gasteiger partial charge in [0.1, 0.15) is 12.1 Å². The summed E-state index contributed by atoms with van der Waals surface area (Å²) in [4.78, 5) is 46.3. The maximum Gasteiger partial charge on any atom is 0.326 e. The Morgan fingerprint density at radius 1 is 0.962 bits per heavy atom. The first-order chi connectivity index (χ1) is 12.1. The highest BCUT2D eigenvalue weighted by Gasteiger charge is 2.30. The first kappa shape index (κ1) is 23.8. The van der Waals surface area contributed by atoms with E-state index < -0.39 is 48.3 Å². The molecule has 0 aromatic heterocycles. The van der Waals surface area contributed by atoms with Crippen LogP contribution in [0.25, 0.3) is 0 Å². The van der Waals surface area contributed by atoms with Crippen molar-refractivity contribution < 1.29 is 29.4 Å². The molecule has 0 aliphatic rings. The Kier molecular flexibility index (Phi) is 11.2. The fraction of sp³-hybridized carbons (Fsp3) is 0.750. The molecule has 26 heavy (non-hydrogen) atoms. The molecular weight excluding hydrogens is 344 g/mol. The molecule has 0 heterocycles. The summed E-state index contributed by atoms with van der Waals surface area (Å²) in [5.74, 6) is -4.02. The van der Waals surface area contributed by atoms with E-state index in [1.807, 2.05) is 0 Å². The van der Waals surface area contributed by atoms with E-state index >= 15 is 0 Å². The Morgan fingerprint density at radius 3 is 2.04 bits per heavy atom.